The van der Waals surface area contributed by atoms with Crippen LogP contribution in [0.2, 0.25) is 10.3 Å². The zero-order chi connectivity index (χ0) is 13.3. The minimum absolute atomic E-state index is 0.0876. The van der Waals surface area contributed by atoms with Crippen LogP contribution < -0.4 is 11.1 Å². The number of aromatic nitrogens is 2. The molecule has 2 rings (SSSR count). The first kappa shape index (κ1) is 13.1. The molecule has 2 heterocycles. The maximum atomic E-state index is 12.0. The normalized spacial score (nSPS) is 10.4. The van der Waals surface area contributed by atoms with Gasteiger partial charge in [-0.3, -0.25) is 4.79 Å². The third-order valence-corrected chi connectivity index (χ3v) is 3.81. The Morgan fingerprint density at radius 3 is 2.50 bits per heavy atom. The molecule has 0 radical (unpaired) electrons. The molecule has 0 saturated heterocycles. The van der Waals surface area contributed by atoms with E-state index in [4.69, 9.17) is 28.9 Å². The molecule has 0 aliphatic carbocycles. The number of amides is 1. The standard InChI is InChI=1S/C10H8Cl2N4OS/c1-4-5(13)2-6(18-4)10(17)16-7-8(11)14-3-15-9(7)12/h2-3H,13H2,1H3,(H,16,17). The molecule has 94 valence electrons. The van der Waals surface area contributed by atoms with Crippen LogP contribution in [0, 0.1) is 6.92 Å². The van der Waals surface area contributed by atoms with Gasteiger partial charge >= 0.3 is 0 Å². The van der Waals surface area contributed by atoms with Gasteiger partial charge in [0.15, 0.2) is 10.3 Å². The van der Waals surface area contributed by atoms with Gasteiger partial charge in [-0.15, -0.1) is 11.3 Å². The average Bonchev–Trinajstić information content (AvgIpc) is 2.64. The van der Waals surface area contributed by atoms with Crippen molar-refractivity contribution in [3.63, 3.8) is 0 Å². The smallest absolute Gasteiger partial charge is 0.265 e. The van der Waals surface area contributed by atoms with Crippen LogP contribution in [0.15, 0.2) is 12.4 Å². The summed E-state index contributed by atoms with van der Waals surface area (Å²) in [6.45, 7) is 1.84. The van der Waals surface area contributed by atoms with Crippen LogP contribution in [-0.2, 0) is 0 Å². The molecular formula is C10H8Cl2N4OS. The molecular weight excluding hydrogens is 295 g/mol. The topological polar surface area (TPSA) is 80.9 Å². The van der Waals surface area contributed by atoms with Crippen LogP contribution in [-0.4, -0.2) is 15.9 Å². The predicted octanol–water partition coefficient (Wildman–Crippen LogP) is 2.99. The molecule has 1 amide bonds. The minimum Gasteiger partial charge on any atom is -0.398 e. The maximum Gasteiger partial charge on any atom is 0.265 e. The molecule has 0 atom stereocenters. The third kappa shape index (κ3) is 2.55. The Bertz CT molecular complexity index is 574. The van der Waals surface area contributed by atoms with Crippen LogP contribution in [0.25, 0.3) is 0 Å². The van der Waals surface area contributed by atoms with Gasteiger partial charge < -0.3 is 11.1 Å². The number of hydrogen-bond acceptors (Lipinski definition) is 5. The SMILES string of the molecule is Cc1sc(C(=O)Nc2c(Cl)ncnc2Cl)cc1N. The van der Waals surface area contributed by atoms with Gasteiger partial charge in [-0.05, 0) is 13.0 Å². The lowest BCUT2D eigenvalue weighted by Crippen LogP contribution is -2.11. The Morgan fingerprint density at radius 1 is 1.39 bits per heavy atom. The van der Waals surface area contributed by atoms with E-state index in [1.165, 1.54) is 17.7 Å². The number of hydrogen-bond donors (Lipinski definition) is 2. The Morgan fingerprint density at radius 2 is 2.00 bits per heavy atom. The van der Waals surface area contributed by atoms with Gasteiger partial charge in [0, 0.05) is 10.6 Å². The molecule has 5 nitrogen and oxygen atoms in total. The minimum atomic E-state index is -0.349. The Hall–Kier alpha value is -1.37. The Balaban J connectivity index is 2.27. The molecule has 0 spiro atoms. The number of nitrogen functional groups attached to an aromatic ring is 1. The molecule has 0 aromatic carbocycles. The van der Waals surface area contributed by atoms with Crippen molar-refractivity contribution in [3.8, 4) is 0 Å². The summed E-state index contributed by atoms with van der Waals surface area (Å²) < 4.78 is 0. The van der Waals surface area contributed by atoms with Crippen molar-refractivity contribution in [1.29, 1.82) is 0 Å². The zero-order valence-corrected chi connectivity index (χ0v) is 11.5. The number of rotatable bonds is 2. The lowest BCUT2D eigenvalue weighted by Gasteiger charge is -2.05. The van der Waals surface area contributed by atoms with Crippen molar-refractivity contribution in [1.82, 2.24) is 9.97 Å². The number of nitrogens with one attached hydrogen (secondary N) is 1. The first-order chi connectivity index (χ1) is 8.49. The van der Waals surface area contributed by atoms with Crippen LogP contribution in [0.1, 0.15) is 14.5 Å². The average molecular weight is 303 g/mol. The van der Waals surface area contributed by atoms with Gasteiger partial charge in [-0.25, -0.2) is 9.97 Å². The van der Waals surface area contributed by atoms with Gasteiger partial charge in [-0.2, -0.15) is 0 Å². The second kappa shape index (κ2) is 5.09. The number of nitrogens with zero attached hydrogens (tertiary/aromatic N) is 2. The quantitative estimate of drug-likeness (QED) is 0.836. The van der Waals surface area contributed by atoms with E-state index in [-0.39, 0.29) is 21.9 Å². The van der Waals surface area contributed by atoms with Crippen molar-refractivity contribution in [2.24, 2.45) is 0 Å². The first-order valence-corrected chi connectivity index (χ1v) is 6.39. The Kier molecular flexibility index (Phi) is 3.70. The van der Waals surface area contributed by atoms with Crippen LogP contribution >= 0.6 is 34.5 Å². The van der Waals surface area contributed by atoms with Gasteiger partial charge in [0.05, 0.1) is 4.88 Å². The van der Waals surface area contributed by atoms with Crippen LogP contribution in [0.5, 0.6) is 0 Å². The van der Waals surface area contributed by atoms with E-state index >= 15 is 0 Å². The molecule has 3 N–H and O–H groups in total. The van der Waals surface area contributed by atoms with E-state index in [0.29, 0.717) is 10.6 Å². The summed E-state index contributed by atoms with van der Waals surface area (Å²) in [6, 6.07) is 1.60. The molecule has 2 aromatic rings. The molecule has 18 heavy (non-hydrogen) atoms. The van der Waals surface area contributed by atoms with E-state index in [0.717, 1.165) is 4.88 Å². The fourth-order valence-corrected chi connectivity index (χ4v) is 2.48. The monoisotopic (exact) mass is 302 g/mol. The summed E-state index contributed by atoms with van der Waals surface area (Å²) in [5.74, 6) is -0.349. The van der Waals surface area contributed by atoms with Crippen LogP contribution in [0.4, 0.5) is 11.4 Å². The molecule has 2 aromatic heterocycles. The summed E-state index contributed by atoms with van der Waals surface area (Å²) in [4.78, 5) is 20.8. The van der Waals surface area contributed by atoms with Crippen molar-refractivity contribution in [3.05, 3.63) is 32.5 Å². The summed E-state index contributed by atoms with van der Waals surface area (Å²) in [7, 11) is 0. The number of carbonyl (C=O) groups is 1. The predicted molar refractivity (Wildman–Crippen MR) is 73.5 cm³/mol. The fraction of sp³-hybridized carbons (Fsp3) is 0.100. The number of carbonyl (C=O) groups excluding carboxylic acids is 1. The molecule has 0 aliphatic rings. The number of aryl methyl sites for hydroxylation is 1. The molecule has 0 fully saturated rings. The van der Waals surface area contributed by atoms with E-state index in [1.807, 2.05) is 6.92 Å². The first-order valence-electron chi connectivity index (χ1n) is 4.82. The van der Waals surface area contributed by atoms with E-state index in [9.17, 15) is 4.79 Å². The van der Waals surface area contributed by atoms with Gasteiger partial charge in [-0.1, -0.05) is 23.2 Å². The number of halogens is 2. The van der Waals surface area contributed by atoms with E-state index in [1.54, 1.807) is 6.07 Å². The molecule has 0 saturated carbocycles. The summed E-state index contributed by atoms with van der Waals surface area (Å²) in [5.41, 5.74) is 6.45. The molecule has 0 aliphatic heterocycles. The molecule has 0 unspecified atom stereocenters. The fourth-order valence-electron chi connectivity index (χ4n) is 1.23. The van der Waals surface area contributed by atoms with Crippen molar-refractivity contribution >= 4 is 51.8 Å². The highest BCUT2D eigenvalue weighted by Crippen LogP contribution is 2.28. The highest BCUT2D eigenvalue weighted by atomic mass is 35.5. The lowest BCUT2D eigenvalue weighted by atomic mass is 10.3. The van der Waals surface area contributed by atoms with Crippen LogP contribution in [0.3, 0.4) is 0 Å². The van der Waals surface area contributed by atoms with Crippen molar-refractivity contribution in [2.45, 2.75) is 6.92 Å². The molecule has 0 bridgehead atoms. The summed E-state index contributed by atoms with van der Waals surface area (Å²) >= 11 is 12.9. The van der Waals surface area contributed by atoms with E-state index < -0.39 is 0 Å². The lowest BCUT2D eigenvalue weighted by molar-refractivity contribution is 0.103. The number of nitrogens with two attached hydrogens (primary N) is 1. The second-order valence-electron chi connectivity index (χ2n) is 3.41. The summed E-state index contributed by atoms with van der Waals surface area (Å²) in [5, 5.41) is 2.74. The third-order valence-electron chi connectivity index (χ3n) is 2.17. The van der Waals surface area contributed by atoms with Gasteiger partial charge in [0.1, 0.15) is 12.0 Å². The number of thiophene rings is 1. The highest BCUT2D eigenvalue weighted by molar-refractivity contribution is 7.14. The Labute approximate surface area is 117 Å². The zero-order valence-electron chi connectivity index (χ0n) is 9.20. The summed E-state index contributed by atoms with van der Waals surface area (Å²) in [6.07, 6.45) is 1.22. The van der Waals surface area contributed by atoms with Crippen molar-refractivity contribution in [2.75, 3.05) is 11.1 Å². The largest absolute Gasteiger partial charge is 0.398 e. The maximum absolute atomic E-state index is 12.0. The number of anilines is 2. The van der Waals surface area contributed by atoms with Crippen molar-refractivity contribution < 1.29 is 4.79 Å². The van der Waals surface area contributed by atoms with E-state index in [2.05, 4.69) is 15.3 Å². The second-order valence-corrected chi connectivity index (χ2v) is 5.38. The molecule has 8 heteroatoms. The van der Waals surface area contributed by atoms with Gasteiger partial charge in [0.25, 0.3) is 5.91 Å². The highest BCUT2D eigenvalue weighted by Gasteiger charge is 2.15. The van der Waals surface area contributed by atoms with Gasteiger partial charge in [0.2, 0.25) is 0 Å².